The van der Waals surface area contributed by atoms with Gasteiger partial charge in [0.25, 0.3) is 5.91 Å². The second kappa shape index (κ2) is 15.4. The third-order valence-electron chi connectivity index (χ3n) is 8.52. The highest BCUT2D eigenvalue weighted by molar-refractivity contribution is 7.99. The van der Waals surface area contributed by atoms with E-state index in [1.165, 1.54) is 17.8 Å². The number of hydrogen-bond donors (Lipinski definition) is 3. The second-order valence-electron chi connectivity index (χ2n) is 13.6. The van der Waals surface area contributed by atoms with Crippen molar-refractivity contribution >= 4 is 41.0 Å². The highest BCUT2D eigenvalue weighted by Crippen LogP contribution is 2.30. The summed E-state index contributed by atoms with van der Waals surface area (Å²) in [7, 11) is 0. The summed E-state index contributed by atoms with van der Waals surface area (Å²) in [4.78, 5) is 39.7. The Morgan fingerprint density at radius 2 is 1.81 bits per heavy atom. The fourth-order valence-corrected chi connectivity index (χ4v) is 6.66. The van der Waals surface area contributed by atoms with Crippen molar-refractivity contribution in [3.63, 3.8) is 0 Å². The van der Waals surface area contributed by atoms with Gasteiger partial charge in [-0.1, -0.05) is 23.9 Å². The maximum Gasteiger partial charge on any atom is 0.408 e. The van der Waals surface area contributed by atoms with E-state index in [4.69, 9.17) is 4.74 Å². The zero-order valence-electron chi connectivity index (χ0n) is 28.2. The molecule has 3 heterocycles. The number of alkyl carbamates (subject to hydrolysis) is 1. The summed E-state index contributed by atoms with van der Waals surface area (Å²) in [5.41, 5.74) is 0.497. The number of amides is 2. The molecular formula is C36H46FN7O3S. The van der Waals surface area contributed by atoms with Gasteiger partial charge in [-0.2, -0.15) is 0 Å². The van der Waals surface area contributed by atoms with Crippen molar-refractivity contribution in [2.75, 3.05) is 47.8 Å². The quantitative estimate of drug-likeness (QED) is 0.204. The number of aromatic nitrogens is 2. The van der Waals surface area contributed by atoms with Crippen LogP contribution in [0.25, 0.3) is 0 Å². The van der Waals surface area contributed by atoms with E-state index in [1.807, 2.05) is 56.9 Å². The predicted molar refractivity (Wildman–Crippen MR) is 190 cm³/mol. The van der Waals surface area contributed by atoms with Crippen molar-refractivity contribution in [3.8, 4) is 0 Å². The molecule has 0 aliphatic carbocycles. The number of anilines is 3. The molecule has 3 aromatic rings. The van der Waals surface area contributed by atoms with E-state index in [0.29, 0.717) is 22.4 Å². The summed E-state index contributed by atoms with van der Waals surface area (Å²) in [6, 6.07) is 12.5. The Morgan fingerprint density at radius 3 is 2.46 bits per heavy atom. The molecule has 2 fully saturated rings. The van der Waals surface area contributed by atoms with Gasteiger partial charge in [0.2, 0.25) is 0 Å². The summed E-state index contributed by atoms with van der Waals surface area (Å²) in [5.74, 6) is 0.00320. The van der Waals surface area contributed by atoms with Crippen LogP contribution in [0.3, 0.4) is 0 Å². The molecule has 0 spiro atoms. The number of ether oxygens (including phenoxy) is 1. The number of carbonyl (C=O) groups is 2. The summed E-state index contributed by atoms with van der Waals surface area (Å²) in [6.07, 6.45) is 8.32. The van der Waals surface area contributed by atoms with Gasteiger partial charge in [0.05, 0.1) is 18.1 Å². The molecule has 2 aromatic carbocycles. The number of hydrogen-bond acceptors (Lipinski definition) is 9. The fraction of sp³-hybridized carbons (Fsp3) is 0.444. The molecule has 256 valence electrons. The molecule has 0 radical (unpaired) electrons. The van der Waals surface area contributed by atoms with Gasteiger partial charge >= 0.3 is 6.09 Å². The molecule has 12 heteroatoms. The predicted octanol–water partition coefficient (Wildman–Crippen LogP) is 6.65. The monoisotopic (exact) mass is 675 g/mol. The number of carbonyl (C=O) groups excluding carboxylic acids is 2. The third-order valence-corrected chi connectivity index (χ3v) is 9.43. The summed E-state index contributed by atoms with van der Waals surface area (Å²) in [5, 5.41) is 10.1. The number of rotatable bonds is 10. The van der Waals surface area contributed by atoms with Crippen LogP contribution in [0, 0.1) is 5.82 Å². The fourth-order valence-electron chi connectivity index (χ4n) is 5.87. The van der Waals surface area contributed by atoms with Crippen LogP contribution >= 0.6 is 11.8 Å². The lowest BCUT2D eigenvalue weighted by Crippen LogP contribution is -2.54. The van der Waals surface area contributed by atoms with Crippen molar-refractivity contribution in [1.82, 2.24) is 20.6 Å². The van der Waals surface area contributed by atoms with Crippen LogP contribution < -0.4 is 25.8 Å². The van der Waals surface area contributed by atoms with Crippen LogP contribution in [-0.4, -0.2) is 71.9 Å². The number of nitrogens with zero attached hydrogens (tertiary/aromatic N) is 4. The van der Waals surface area contributed by atoms with E-state index in [1.54, 1.807) is 30.6 Å². The van der Waals surface area contributed by atoms with E-state index in [9.17, 15) is 9.59 Å². The van der Waals surface area contributed by atoms with Crippen LogP contribution in [0.2, 0.25) is 0 Å². The minimum atomic E-state index is -0.541. The van der Waals surface area contributed by atoms with Crippen molar-refractivity contribution in [2.45, 2.75) is 80.5 Å². The lowest BCUT2D eigenvalue weighted by Gasteiger charge is -2.40. The van der Waals surface area contributed by atoms with E-state index in [0.717, 1.165) is 69.1 Å². The molecule has 48 heavy (non-hydrogen) atoms. The van der Waals surface area contributed by atoms with E-state index < -0.39 is 17.5 Å². The van der Waals surface area contributed by atoms with Gasteiger partial charge in [-0.25, -0.2) is 19.2 Å². The van der Waals surface area contributed by atoms with Gasteiger partial charge in [-0.3, -0.25) is 4.79 Å². The Kier molecular flexibility index (Phi) is 11.3. The van der Waals surface area contributed by atoms with E-state index in [2.05, 4.69) is 37.4 Å². The number of halogens is 1. The molecule has 0 atom stereocenters. The maximum absolute atomic E-state index is 15.1. The van der Waals surface area contributed by atoms with Crippen LogP contribution in [0.15, 0.2) is 77.4 Å². The summed E-state index contributed by atoms with van der Waals surface area (Å²) in [6.45, 7) is 15.1. The summed E-state index contributed by atoms with van der Waals surface area (Å²) >= 11 is 1.44. The summed E-state index contributed by atoms with van der Waals surface area (Å²) < 4.78 is 20.6. The first-order chi connectivity index (χ1) is 22.9. The Morgan fingerprint density at radius 1 is 1.06 bits per heavy atom. The lowest BCUT2D eigenvalue weighted by molar-refractivity contribution is 0.0448. The van der Waals surface area contributed by atoms with Crippen molar-refractivity contribution in [2.24, 2.45) is 0 Å². The zero-order chi connectivity index (χ0) is 34.3. The Balaban J connectivity index is 1.12. The minimum absolute atomic E-state index is 0.261. The number of nitrogens with one attached hydrogen (secondary N) is 3. The molecule has 2 aliphatic rings. The Labute approximate surface area is 286 Å². The zero-order valence-corrected chi connectivity index (χ0v) is 29.0. The highest BCUT2D eigenvalue weighted by Gasteiger charge is 2.33. The SMILES string of the molecule is C=CCNC1CCN(c2ccc(C(=O)Nc3cccc(Sc4cnc(N5CCC(C)(NC(=O)OC(C)(C)C)CC5)cn4)c3)cc2F)CC1. The molecule has 3 N–H and O–H groups in total. The molecule has 0 saturated carbocycles. The largest absolute Gasteiger partial charge is 0.444 e. The van der Waals surface area contributed by atoms with Crippen LogP contribution in [0.1, 0.15) is 63.7 Å². The van der Waals surface area contributed by atoms with Crippen LogP contribution in [-0.2, 0) is 4.74 Å². The molecule has 0 unspecified atom stereocenters. The number of piperidine rings is 2. The first kappa shape index (κ1) is 35.2. The molecule has 5 rings (SSSR count). The molecule has 2 aliphatic heterocycles. The van der Waals surface area contributed by atoms with E-state index in [-0.39, 0.29) is 17.0 Å². The molecule has 2 amide bonds. The standard InChI is InChI=1S/C36H46FN7O3S/c1-6-16-38-26-12-17-43(18-13-26)30-11-10-25(21-29(30)37)33(45)41-27-8-7-9-28(22-27)48-32-24-39-31(23-40-32)44-19-14-36(5,15-20-44)42-34(46)47-35(2,3)4/h6-11,21-24,26,38H,1,12-20H2,2-5H3,(H,41,45)(H,42,46). The first-order valence-electron chi connectivity index (χ1n) is 16.5. The average Bonchev–Trinajstić information content (AvgIpc) is 3.04. The van der Waals surface area contributed by atoms with Gasteiger partial charge in [0.15, 0.2) is 0 Å². The van der Waals surface area contributed by atoms with Gasteiger partial charge < -0.3 is 30.5 Å². The first-order valence-corrected chi connectivity index (χ1v) is 17.3. The Hall–Kier alpha value is -4.16. The third kappa shape index (κ3) is 9.70. The molecule has 2 saturated heterocycles. The van der Waals surface area contributed by atoms with Crippen molar-refractivity contribution in [1.29, 1.82) is 0 Å². The lowest BCUT2D eigenvalue weighted by atomic mass is 9.90. The maximum atomic E-state index is 15.1. The normalized spacial score (nSPS) is 16.7. The van der Waals surface area contributed by atoms with Crippen LogP contribution in [0.5, 0.6) is 0 Å². The minimum Gasteiger partial charge on any atom is -0.444 e. The van der Waals surface area contributed by atoms with Gasteiger partial charge in [0, 0.05) is 60.5 Å². The highest BCUT2D eigenvalue weighted by atomic mass is 32.2. The topological polar surface area (TPSA) is 112 Å². The Bertz CT molecular complexity index is 1580. The van der Waals surface area contributed by atoms with Crippen molar-refractivity contribution < 1.29 is 18.7 Å². The van der Waals surface area contributed by atoms with Gasteiger partial charge in [-0.15, -0.1) is 6.58 Å². The van der Waals surface area contributed by atoms with Crippen molar-refractivity contribution in [3.05, 3.63) is 78.9 Å². The van der Waals surface area contributed by atoms with Gasteiger partial charge in [-0.05, 0) is 89.8 Å². The molecular weight excluding hydrogens is 630 g/mol. The molecule has 0 bridgehead atoms. The number of benzene rings is 2. The van der Waals surface area contributed by atoms with Gasteiger partial charge in [0.1, 0.15) is 22.3 Å². The molecule has 1 aromatic heterocycles. The average molecular weight is 676 g/mol. The smallest absolute Gasteiger partial charge is 0.408 e. The van der Waals surface area contributed by atoms with Crippen LogP contribution in [0.4, 0.5) is 26.4 Å². The second-order valence-corrected chi connectivity index (χ2v) is 14.7. The van der Waals surface area contributed by atoms with E-state index >= 15 is 4.39 Å². The molecule has 10 nitrogen and oxygen atoms in total.